The molecule has 0 N–H and O–H groups in total. The minimum absolute atomic E-state index is 0.106. The van der Waals surface area contributed by atoms with Gasteiger partial charge >= 0.3 is 12.1 Å². The van der Waals surface area contributed by atoms with Gasteiger partial charge in [-0.05, 0) is 31.2 Å². The quantitative estimate of drug-likeness (QED) is 0.620. The van der Waals surface area contributed by atoms with Gasteiger partial charge in [-0.1, -0.05) is 11.6 Å². The lowest BCUT2D eigenvalue weighted by atomic mass is 10.2. The number of carbonyl (C=O) groups excluding carboxylic acids is 2. The van der Waals surface area contributed by atoms with E-state index in [1.807, 2.05) is 0 Å². The van der Waals surface area contributed by atoms with Crippen molar-refractivity contribution in [2.45, 2.75) is 19.2 Å². The van der Waals surface area contributed by atoms with Crippen LogP contribution in [0.5, 0.6) is 5.75 Å². The molecule has 0 saturated heterocycles. The van der Waals surface area contributed by atoms with E-state index in [2.05, 4.69) is 4.74 Å². The monoisotopic (exact) mass is 310 g/mol. The summed E-state index contributed by atoms with van der Waals surface area (Å²) in [5.41, 5.74) is 0. The van der Waals surface area contributed by atoms with Crippen molar-refractivity contribution in [1.82, 2.24) is 0 Å². The highest BCUT2D eigenvalue weighted by Crippen LogP contribution is 2.23. The molecule has 1 aromatic carbocycles. The zero-order valence-electron chi connectivity index (χ0n) is 10.2. The maximum Gasteiger partial charge on any atom is 0.454 e. The molecule has 0 saturated carbocycles. The molecular formula is C12H10ClF3O4. The van der Waals surface area contributed by atoms with Gasteiger partial charge in [-0.2, -0.15) is 13.2 Å². The first-order valence-corrected chi connectivity index (χ1v) is 5.83. The molecule has 0 heterocycles. The van der Waals surface area contributed by atoms with Gasteiger partial charge in [0.15, 0.2) is 0 Å². The van der Waals surface area contributed by atoms with E-state index in [-0.39, 0.29) is 12.4 Å². The summed E-state index contributed by atoms with van der Waals surface area (Å²) in [4.78, 5) is 22.6. The van der Waals surface area contributed by atoms with E-state index in [9.17, 15) is 22.8 Å². The van der Waals surface area contributed by atoms with Gasteiger partial charge in [0.25, 0.3) is 11.9 Å². The molecule has 0 aliphatic heterocycles. The van der Waals surface area contributed by atoms with Crippen molar-refractivity contribution in [3.63, 3.8) is 0 Å². The highest BCUT2D eigenvalue weighted by atomic mass is 35.5. The molecule has 110 valence electrons. The van der Waals surface area contributed by atoms with Gasteiger partial charge in [-0.3, -0.25) is 4.79 Å². The fourth-order valence-corrected chi connectivity index (χ4v) is 1.35. The lowest BCUT2D eigenvalue weighted by Crippen LogP contribution is -2.44. The number of Topliss-reactive ketones (excluding diaryl/α,β-unsaturated/α-hetero) is 1. The normalized spacial score (nSPS) is 12.7. The Morgan fingerprint density at radius 2 is 1.80 bits per heavy atom. The first-order chi connectivity index (χ1) is 9.25. The van der Waals surface area contributed by atoms with E-state index >= 15 is 0 Å². The number of benzene rings is 1. The van der Waals surface area contributed by atoms with Gasteiger partial charge in [-0.15, -0.1) is 0 Å². The summed E-state index contributed by atoms with van der Waals surface area (Å²) in [5, 5.41) is 0.326. The molecule has 20 heavy (non-hydrogen) atoms. The molecule has 0 radical (unpaired) electrons. The molecular weight excluding hydrogens is 301 g/mol. The Morgan fingerprint density at radius 1 is 1.25 bits per heavy atom. The van der Waals surface area contributed by atoms with E-state index in [1.165, 1.54) is 31.2 Å². The number of rotatable bonds is 5. The maximum absolute atomic E-state index is 12.4. The van der Waals surface area contributed by atoms with Crippen LogP contribution in [0.1, 0.15) is 6.92 Å². The average molecular weight is 311 g/mol. The second-order valence-electron chi connectivity index (χ2n) is 3.57. The third-order valence-electron chi connectivity index (χ3n) is 2.09. The van der Waals surface area contributed by atoms with Crippen LogP contribution in [0.2, 0.25) is 5.02 Å². The maximum atomic E-state index is 12.4. The summed E-state index contributed by atoms with van der Waals surface area (Å²) in [7, 11) is 0. The molecule has 8 heteroatoms. The summed E-state index contributed by atoms with van der Waals surface area (Å²) in [5.74, 6) is -3.83. The summed E-state index contributed by atoms with van der Waals surface area (Å²) in [6.45, 7) is 1.22. The van der Waals surface area contributed by atoms with Crippen molar-refractivity contribution in [1.29, 1.82) is 0 Å². The second kappa shape index (κ2) is 6.60. The molecule has 0 unspecified atom stereocenters. The van der Waals surface area contributed by atoms with Crippen LogP contribution in [-0.2, 0) is 14.3 Å². The predicted molar refractivity (Wildman–Crippen MR) is 63.6 cm³/mol. The highest BCUT2D eigenvalue weighted by molar-refractivity contribution is 6.30. The molecule has 1 aromatic rings. The Labute approximate surface area is 117 Å². The van der Waals surface area contributed by atoms with Crippen LogP contribution < -0.4 is 4.74 Å². The van der Waals surface area contributed by atoms with Gasteiger partial charge in [0.2, 0.25) is 0 Å². The Bertz CT molecular complexity index is 484. The topological polar surface area (TPSA) is 52.6 Å². The molecule has 4 nitrogen and oxygen atoms in total. The number of halogens is 4. The summed E-state index contributed by atoms with van der Waals surface area (Å²) in [6.07, 6.45) is -7.60. The number of hydrogen-bond donors (Lipinski definition) is 0. The van der Waals surface area contributed by atoms with Gasteiger partial charge in [0, 0.05) is 5.02 Å². The van der Waals surface area contributed by atoms with Crippen molar-refractivity contribution >= 4 is 23.4 Å². The zero-order valence-corrected chi connectivity index (χ0v) is 11.0. The molecule has 1 rings (SSSR count). The highest BCUT2D eigenvalue weighted by Gasteiger charge is 2.48. The van der Waals surface area contributed by atoms with Crippen LogP contribution in [0.3, 0.4) is 0 Å². The minimum atomic E-state index is -5.20. The van der Waals surface area contributed by atoms with Crippen LogP contribution in [-0.4, -0.2) is 30.6 Å². The van der Waals surface area contributed by atoms with Crippen molar-refractivity contribution in [2.24, 2.45) is 0 Å². The molecule has 0 amide bonds. The number of carbonyl (C=O) groups is 2. The number of ether oxygens (including phenoxy) is 2. The van der Waals surface area contributed by atoms with Crippen LogP contribution >= 0.6 is 11.6 Å². The van der Waals surface area contributed by atoms with Crippen molar-refractivity contribution < 1.29 is 32.2 Å². The fourth-order valence-electron chi connectivity index (χ4n) is 1.22. The SMILES string of the molecule is CCOC(=O)[C@H](Oc1ccc(Cl)cc1)C(=O)C(F)(F)F. The van der Waals surface area contributed by atoms with Crippen LogP contribution in [0.4, 0.5) is 13.2 Å². The van der Waals surface area contributed by atoms with Gasteiger partial charge in [-0.25, -0.2) is 4.79 Å². The van der Waals surface area contributed by atoms with Crippen molar-refractivity contribution in [3.8, 4) is 5.75 Å². The molecule has 0 bridgehead atoms. The van der Waals surface area contributed by atoms with E-state index in [1.54, 1.807) is 0 Å². The summed E-state index contributed by atoms with van der Waals surface area (Å²) < 4.78 is 46.4. The van der Waals surface area contributed by atoms with E-state index in [0.717, 1.165) is 0 Å². The molecule has 0 spiro atoms. The lowest BCUT2D eigenvalue weighted by Gasteiger charge is -2.17. The number of hydrogen-bond acceptors (Lipinski definition) is 4. The Kier molecular flexibility index (Phi) is 5.38. The molecule has 0 aliphatic rings. The molecule has 0 aliphatic carbocycles. The van der Waals surface area contributed by atoms with Crippen molar-refractivity contribution in [3.05, 3.63) is 29.3 Å². The standard InChI is InChI=1S/C12H10ClF3O4/c1-2-19-11(18)9(10(17)12(14,15)16)20-8-5-3-7(13)4-6-8/h3-6,9H,2H2,1H3/t9-/m1/s1. The van der Waals surface area contributed by atoms with E-state index in [4.69, 9.17) is 16.3 Å². The van der Waals surface area contributed by atoms with Gasteiger partial charge in [0.05, 0.1) is 6.61 Å². The lowest BCUT2D eigenvalue weighted by molar-refractivity contribution is -0.184. The third-order valence-corrected chi connectivity index (χ3v) is 2.34. The Balaban J connectivity index is 2.96. The fraction of sp³-hybridized carbons (Fsp3) is 0.333. The van der Waals surface area contributed by atoms with Crippen LogP contribution in [0.25, 0.3) is 0 Å². The average Bonchev–Trinajstić information content (AvgIpc) is 2.36. The third kappa shape index (κ3) is 4.41. The molecule has 0 aromatic heterocycles. The largest absolute Gasteiger partial charge is 0.470 e. The van der Waals surface area contributed by atoms with Gasteiger partial charge in [0.1, 0.15) is 5.75 Å². The van der Waals surface area contributed by atoms with Gasteiger partial charge < -0.3 is 9.47 Å². The summed E-state index contributed by atoms with van der Waals surface area (Å²) >= 11 is 5.60. The number of ketones is 1. The number of alkyl halides is 3. The Hall–Kier alpha value is -1.76. The van der Waals surface area contributed by atoms with Crippen LogP contribution in [0, 0.1) is 0 Å². The van der Waals surface area contributed by atoms with E-state index < -0.39 is 24.0 Å². The number of esters is 1. The molecule has 1 atom stereocenters. The smallest absolute Gasteiger partial charge is 0.454 e. The van der Waals surface area contributed by atoms with Crippen LogP contribution in [0.15, 0.2) is 24.3 Å². The first kappa shape index (κ1) is 16.3. The predicted octanol–water partition coefficient (Wildman–Crippen LogP) is 2.78. The zero-order chi connectivity index (χ0) is 15.3. The summed E-state index contributed by atoms with van der Waals surface area (Å²) in [6, 6.07) is 5.16. The van der Waals surface area contributed by atoms with Crippen molar-refractivity contribution in [2.75, 3.05) is 6.61 Å². The second-order valence-corrected chi connectivity index (χ2v) is 4.00. The minimum Gasteiger partial charge on any atom is -0.470 e. The van der Waals surface area contributed by atoms with E-state index in [0.29, 0.717) is 5.02 Å². The Morgan fingerprint density at radius 3 is 2.25 bits per heavy atom. The molecule has 0 fully saturated rings. The first-order valence-electron chi connectivity index (χ1n) is 5.45.